The van der Waals surface area contributed by atoms with Crippen molar-refractivity contribution in [2.75, 3.05) is 53.0 Å². The zero-order chi connectivity index (χ0) is 17.6. The van der Waals surface area contributed by atoms with Gasteiger partial charge in [0.05, 0.1) is 13.2 Å². The number of likely N-dealkylation sites (tertiary alicyclic amines) is 1. The van der Waals surface area contributed by atoms with E-state index in [1.807, 2.05) is 7.05 Å². The summed E-state index contributed by atoms with van der Waals surface area (Å²) in [6, 6.07) is 0.678. The van der Waals surface area contributed by atoms with Crippen LogP contribution in [0, 0.1) is 23.2 Å². The summed E-state index contributed by atoms with van der Waals surface area (Å²) in [6.45, 7) is 7.41. The van der Waals surface area contributed by atoms with Gasteiger partial charge in [-0.2, -0.15) is 0 Å². The van der Waals surface area contributed by atoms with Gasteiger partial charge >= 0.3 is 0 Å². The van der Waals surface area contributed by atoms with Gasteiger partial charge in [0.2, 0.25) is 0 Å². The number of guanidine groups is 1. The molecule has 6 aliphatic rings. The molecule has 4 aliphatic carbocycles. The first-order chi connectivity index (χ1) is 12.7. The molecule has 4 saturated carbocycles. The molecule has 6 rings (SSSR count). The van der Waals surface area contributed by atoms with Crippen molar-refractivity contribution >= 4 is 5.96 Å². The lowest BCUT2D eigenvalue weighted by molar-refractivity contribution is -0.0494. The van der Waals surface area contributed by atoms with Gasteiger partial charge in [0.15, 0.2) is 5.96 Å². The van der Waals surface area contributed by atoms with Crippen molar-refractivity contribution in [1.82, 2.24) is 15.1 Å². The van der Waals surface area contributed by atoms with Crippen LogP contribution in [-0.4, -0.2) is 74.8 Å². The number of aliphatic imine (C=N–C) groups is 1. The quantitative estimate of drug-likeness (QED) is 0.619. The van der Waals surface area contributed by atoms with Gasteiger partial charge in [-0.05, 0) is 68.1 Å². The predicted octanol–water partition coefficient (Wildman–Crippen LogP) is 2.18. The van der Waals surface area contributed by atoms with Crippen LogP contribution in [0.5, 0.6) is 0 Å². The molecule has 5 heteroatoms. The van der Waals surface area contributed by atoms with Crippen molar-refractivity contribution in [1.29, 1.82) is 0 Å². The first-order valence-corrected chi connectivity index (χ1v) is 11.0. The van der Waals surface area contributed by atoms with Gasteiger partial charge in [-0.25, -0.2) is 0 Å². The van der Waals surface area contributed by atoms with Crippen LogP contribution in [0.3, 0.4) is 0 Å². The monoisotopic (exact) mass is 360 g/mol. The molecule has 146 valence electrons. The molecule has 0 aromatic rings. The van der Waals surface area contributed by atoms with Gasteiger partial charge in [0.25, 0.3) is 0 Å². The van der Waals surface area contributed by atoms with E-state index < -0.39 is 0 Å². The highest BCUT2D eigenvalue weighted by Crippen LogP contribution is 2.59. The number of ether oxygens (including phenoxy) is 1. The third-order valence-electron chi connectivity index (χ3n) is 8.02. The lowest BCUT2D eigenvalue weighted by Crippen LogP contribution is -2.53. The van der Waals surface area contributed by atoms with E-state index in [9.17, 15) is 0 Å². The Labute approximate surface area is 158 Å². The minimum Gasteiger partial charge on any atom is -0.379 e. The van der Waals surface area contributed by atoms with E-state index in [-0.39, 0.29) is 0 Å². The highest BCUT2D eigenvalue weighted by atomic mass is 16.5. The molecule has 1 unspecified atom stereocenters. The van der Waals surface area contributed by atoms with Crippen molar-refractivity contribution in [3.8, 4) is 0 Å². The lowest BCUT2D eigenvalue weighted by Gasteiger charge is -2.57. The molecular weight excluding hydrogens is 324 g/mol. The summed E-state index contributed by atoms with van der Waals surface area (Å²) in [4.78, 5) is 9.78. The van der Waals surface area contributed by atoms with Crippen molar-refractivity contribution in [3.05, 3.63) is 0 Å². The zero-order valence-corrected chi connectivity index (χ0v) is 16.5. The summed E-state index contributed by atoms with van der Waals surface area (Å²) >= 11 is 0. The first kappa shape index (κ1) is 17.3. The summed E-state index contributed by atoms with van der Waals surface area (Å²) in [5.74, 6) is 4.24. The van der Waals surface area contributed by atoms with E-state index in [1.54, 1.807) is 0 Å². The predicted molar refractivity (Wildman–Crippen MR) is 104 cm³/mol. The second kappa shape index (κ2) is 6.97. The Bertz CT molecular complexity index is 507. The number of morpholine rings is 1. The van der Waals surface area contributed by atoms with Crippen LogP contribution < -0.4 is 5.32 Å². The highest BCUT2D eigenvalue weighted by molar-refractivity contribution is 5.80. The molecule has 0 aromatic carbocycles. The van der Waals surface area contributed by atoms with Gasteiger partial charge in [0, 0.05) is 45.8 Å². The largest absolute Gasteiger partial charge is 0.379 e. The van der Waals surface area contributed by atoms with Crippen LogP contribution in [0.4, 0.5) is 0 Å². The van der Waals surface area contributed by atoms with Crippen molar-refractivity contribution < 1.29 is 4.74 Å². The number of hydrogen-bond donors (Lipinski definition) is 1. The SMILES string of the molecule is CN=C(NCC12CC3CC(CC(C3)C1)C2)N1CCC(N2CCOCC2)C1. The number of nitrogens with zero attached hydrogens (tertiary/aromatic N) is 3. The molecular formula is C21H36N4O. The molecule has 26 heavy (non-hydrogen) atoms. The van der Waals surface area contributed by atoms with Gasteiger partial charge in [-0.3, -0.25) is 9.89 Å². The Morgan fingerprint density at radius 3 is 2.31 bits per heavy atom. The smallest absolute Gasteiger partial charge is 0.193 e. The van der Waals surface area contributed by atoms with Crippen LogP contribution >= 0.6 is 0 Å². The minimum absolute atomic E-state index is 0.577. The maximum atomic E-state index is 5.52. The van der Waals surface area contributed by atoms with Crippen LogP contribution in [-0.2, 0) is 4.74 Å². The molecule has 1 N–H and O–H groups in total. The fraction of sp³-hybridized carbons (Fsp3) is 0.952. The highest BCUT2D eigenvalue weighted by Gasteiger charge is 2.50. The Balaban J connectivity index is 1.17. The molecule has 0 aromatic heterocycles. The van der Waals surface area contributed by atoms with E-state index in [1.165, 1.54) is 44.9 Å². The van der Waals surface area contributed by atoms with Gasteiger partial charge in [-0.1, -0.05) is 0 Å². The maximum absolute atomic E-state index is 5.52. The van der Waals surface area contributed by atoms with E-state index in [2.05, 4.69) is 20.1 Å². The average molecular weight is 361 g/mol. The summed E-state index contributed by atoms with van der Waals surface area (Å²) in [7, 11) is 1.96. The molecule has 1 atom stereocenters. The molecule has 0 amide bonds. The standard InChI is InChI=1S/C21H36N4O/c1-22-20(25-3-2-19(14-25)24-4-6-26-7-5-24)23-15-21-11-16-8-17(12-21)10-18(9-16)13-21/h16-19H,2-15H2,1H3,(H,22,23). The Morgan fingerprint density at radius 1 is 1.04 bits per heavy atom. The molecule has 0 radical (unpaired) electrons. The van der Waals surface area contributed by atoms with Gasteiger partial charge in [-0.15, -0.1) is 0 Å². The topological polar surface area (TPSA) is 40.1 Å². The van der Waals surface area contributed by atoms with Crippen LogP contribution in [0.2, 0.25) is 0 Å². The lowest BCUT2D eigenvalue weighted by atomic mass is 9.49. The summed E-state index contributed by atoms with van der Waals surface area (Å²) in [5.41, 5.74) is 0.577. The second-order valence-electron chi connectivity index (χ2n) is 9.86. The van der Waals surface area contributed by atoms with Gasteiger partial charge in [0.1, 0.15) is 0 Å². The number of nitrogens with one attached hydrogen (secondary N) is 1. The summed E-state index contributed by atoms with van der Waals surface area (Å²) in [5, 5.41) is 3.82. The molecule has 2 aliphatic heterocycles. The Kier molecular flexibility index (Phi) is 4.64. The van der Waals surface area contributed by atoms with Crippen LogP contribution in [0.25, 0.3) is 0 Å². The molecule has 2 saturated heterocycles. The molecule has 5 nitrogen and oxygen atoms in total. The van der Waals surface area contributed by atoms with E-state index in [0.29, 0.717) is 11.5 Å². The van der Waals surface area contributed by atoms with E-state index in [4.69, 9.17) is 4.74 Å². The Morgan fingerprint density at radius 2 is 1.69 bits per heavy atom. The van der Waals surface area contributed by atoms with E-state index >= 15 is 0 Å². The minimum atomic E-state index is 0.577. The van der Waals surface area contributed by atoms with Crippen molar-refractivity contribution in [2.24, 2.45) is 28.2 Å². The third kappa shape index (κ3) is 3.26. The molecule has 0 spiro atoms. The summed E-state index contributed by atoms with van der Waals surface area (Å²) < 4.78 is 5.52. The number of hydrogen-bond acceptors (Lipinski definition) is 3. The fourth-order valence-corrected chi connectivity index (χ4v) is 7.28. The maximum Gasteiger partial charge on any atom is 0.193 e. The van der Waals surface area contributed by atoms with Crippen molar-refractivity contribution in [2.45, 2.75) is 51.0 Å². The van der Waals surface area contributed by atoms with Crippen LogP contribution in [0.15, 0.2) is 4.99 Å². The van der Waals surface area contributed by atoms with Crippen molar-refractivity contribution in [3.63, 3.8) is 0 Å². The first-order valence-electron chi connectivity index (χ1n) is 11.0. The fourth-order valence-electron chi connectivity index (χ4n) is 7.28. The van der Waals surface area contributed by atoms with Crippen LogP contribution in [0.1, 0.15) is 44.9 Å². The van der Waals surface area contributed by atoms with Gasteiger partial charge < -0.3 is 15.0 Å². The second-order valence-corrected chi connectivity index (χ2v) is 9.86. The molecule has 4 bridgehead atoms. The molecule has 2 heterocycles. The molecule has 6 fully saturated rings. The average Bonchev–Trinajstić information content (AvgIpc) is 3.12. The summed E-state index contributed by atoms with van der Waals surface area (Å²) in [6.07, 6.45) is 10.3. The Hall–Kier alpha value is -0.810. The third-order valence-corrected chi connectivity index (χ3v) is 8.02. The normalized spacial score (nSPS) is 43.3. The van der Waals surface area contributed by atoms with E-state index in [0.717, 1.165) is 69.7 Å². The number of rotatable bonds is 3. The zero-order valence-electron chi connectivity index (χ0n) is 16.5.